The number of nitrogens with one attached hydrogen (secondary N) is 1. The van der Waals surface area contributed by atoms with Gasteiger partial charge in [-0.05, 0) is 56.4 Å². The largest absolute Gasteiger partial charge is 0.268 e. The van der Waals surface area contributed by atoms with Gasteiger partial charge in [0.05, 0.1) is 10.9 Å². The molecule has 2 aliphatic rings. The SMILES string of the molecule is O=S(=O)(NCCC1=CCCCC1)c1cn(C2CCCC2)nc1-c1cccs1. The van der Waals surface area contributed by atoms with Crippen LogP contribution in [-0.2, 0) is 10.0 Å². The average molecular weight is 406 g/mol. The third-order valence-electron chi connectivity index (χ3n) is 5.56. The molecule has 146 valence electrons. The third kappa shape index (κ3) is 4.36. The molecule has 7 heteroatoms. The lowest BCUT2D eigenvalue weighted by atomic mass is 9.97. The highest BCUT2D eigenvalue weighted by atomic mass is 32.2. The minimum absolute atomic E-state index is 0.314. The van der Waals surface area contributed by atoms with Crippen molar-refractivity contribution < 1.29 is 8.42 Å². The maximum Gasteiger partial charge on any atom is 0.244 e. The Morgan fingerprint density at radius 3 is 2.78 bits per heavy atom. The molecule has 1 saturated carbocycles. The Morgan fingerprint density at radius 2 is 2.07 bits per heavy atom. The standard InChI is InChI=1S/C20H27N3O2S2/c24-27(25,21-13-12-16-7-2-1-3-8-16)19-15-23(17-9-4-5-10-17)22-20(19)18-11-6-14-26-18/h6-7,11,14-15,17,21H,1-5,8-10,12-13H2. The number of allylic oxidation sites excluding steroid dienone is 1. The Labute approximate surface area is 165 Å². The van der Waals surface area contributed by atoms with E-state index in [9.17, 15) is 8.42 Å². The Kier molecular flexibility index (Phi) is 5.80. The minimum Gasteiger partial charge on any atom is -0.268 e. The fourth-order valence-electron chi connectivity index (χ4n) is 4.07. The van der Waals surface area contributed by atoms with Crippen molar-refractivity contribution in [2.45, 2.75) is 68.7 Å². The van der Waals surface area contributed by atoms with Gasteiger partial charge in [-0.15, -0.1) is 11.3 Å². The molecule has 0 unspecified atom stereocenters. The molecule has 5 nitrogen and oxygen atoms in total. The molecule has 2 aromatic heterocycles. The zero-order valence-electron chi connectivity index (χ0n) is 15.6. The van der Waals surface area contributed by atoms with Crippen molar-refractivity contribution in [3.8, 4) is 10.6 Å². The topological polar surface area (TPSA) is 64.0 Å². The molecular weight excluding hydrogens is 378 g/mol. The molecular formula is C20H27N3O2S2. The van der Waals surface area contributed by atoms with Gasteiger partial charge in [-0.3, -0.25) is 4.68 Å². The van der Waals surface area contributed by atoms with Crippen molar-refractivity contribution in [1.82, 2.24) is 14.5 Å². The maximum atomic E-state index is 13.0. The van der Waals surface area contributed by atoms with Crippen LogP contribution in [0.4, 0.5) is 0 Å². The number of aromatic nitrogens is 2. The van der Waals surface area contributed by atoms with E-state index in [1.807, 2.05) is 22.2 Å². The Bertz CT molecular complexity index is 892. The van der Waals surface area contributed by atoms with Gasteiger partial charge in [0.25, 0.3) is 0 Å². The molecule has 0 spiro atoms. The van der Waals surface area contributed by atoms with Gasteiger partial charge in [0.1, 0.15) is 10.6 Å². The molecule has 0 atom stereocenters. The highest BCUT2D eigenvalue weighted by Gasteiger charge is 2.27. The zero-order chi connectivity index (χ0) is 18.7. The van der Waals surface area contributed by atoms with E-state index < -0.39 is 10.0 Å². The average Bonchev–Trinajstić information content (AvgIpc) is 3.42. The first-order valence-electron chi connectivity index (χ1n) is 9.94. The highest BCUT2D eigenvalue weighted by Crippen LogP contribution is 2.34. The van der Waals surface area contributed by atoms with Crippen LogP contribution < -0.4 is 4.72 Å². The summed E-state index contributed by atoms with van der Waals surface area (Å²) in [5, 5.41) is 6.66. The van der Waals surface area contributed by atoms with E-state index in [1.54, 1.807) is 6.20 Å². The highest BCUT2D eigenvalue weighted by molar-refractivity contribution is 7.89. The number of hydrogen-bond donors (Lipinski definition) is 1. The molecule has 2 aromatic rings. The summed E-state index contributed by atoms with van der Waals surface area (Å²) in [4.78, 5) is 1.22. The molecule has 0 bridgehead atoms. The molecule has 2 aliphatic carbocycles. The van der Waals surface area contributed by atoms with Crippen LogP contribution in [0.15, 0.2) is 40.3 Å². The smallest absolute Gasteiger partial charge is 0.244 e. The van der Waals surface area contributed by atoms with E-state index in [4.69, 9.17) is 5.10 Å². The molecule has 4 rings (SSSR count). The van der Waals surface area contributed by atoms with E-state index in [2.05, 4.69) is 10.8 Å². The summed E-state index contributed by atoms with van der Waals surface area (Å²) in [5.74, 6) is 0. The molecule has 2 heterocycles. The first-order valence-corrected chi connectivity index (χ1v) is 12.3. The fourth-order valence-corrected chi connectivity index (χ4v) is 6.03. The predicted molar refractivity (Wildman–Crippen MR) is 109 cm³/mol. The summed E-state index contributed by atoms with van der Waals surface area (Å²) in [6.45, 7) is 0.451. The summed E-state index contributed by atoms with van der Waals surface area (Å²) in [6.07, 6.45) is 14.0. The second-order valence-electron chi connectivity index (χ2n) is 7.49. The van der Waals surface area contributed by atoms with Crippen molar-refractivity contribution in [3.05, 3.63) is 35.4 Å². The summed E-state index contributed by atoms with van der Waals surface area (Å²) >= 11 is 1.53. The molecule has 0 amide bonds. The van der Waals surface area contributed by atoms with Gasteiger partial charge in [0, 0.05) is 12.7 Å². The van der Waals surface area contributed by atoms with Gasteiger partial charge in [-0.2, -0.15) is 5.10 Å². The van der Waals surface area contributed by atoms with Crippen molar-refractivity contribution in [3.63, 3.8) is 0 Å². The zero-order valence-corrected chi connectivity index (χ0v) is 17.2. The van der Waals surface area contributed by atoms with Gasteiger partial charge >= 0.3 is 0 Å². The van der Waals surface area contributed by atoms with Crippen LogP contribution in [0.3, 0.4) is 0 Å². The van der Waals surface area contributed by atoms with Gasteiger partial charge in [-0.1, -0.05) is 30.6 Å². The molecule has 0 radical (unpaired) electrons. The predicted octanol–water partition coefficient (Wildman–Crippen LogP) is 4.90. The monoisotopic (exact) mass is 405 g/mol. The summed E-state index contributed by atoms with van der Waals surface area (Å²) < 4.78 is 30.8. The Hall–Kier alpha value is -1.44. The van der Waals surface area contributed by atoms with Crippen molar-refractivity contribution >= 4 is 21.4 Å². The minimum atomic E-state index is -3.58. The van der Waals surface area contributed by atoms with Gasteiger partial charge < -0.3 is 0 Å². The molecule has 1 N–H and O–H groups in total. The number of thiophene rings is 1. The van der Waals surface area contributed by atoms with E-state index in [0.29, 0.717) is 23.2 Å². The van der Waals surface area contributed by atoms with Gasteiger partial charge in [0.15, 0.2) is 0 Å². The second-order valence-corrected chi connectivity index (χ2v) is 10.2. The van der Waals surface area contributed by atoms with Gasteiger partial charge in [-0.25, -0.2) is 13.1 Å². The van der Waals surface area contributed by atoms with Crippen LogP contribution in [0.1, 0.15) is 63.8 Å². The van der Waals surface area contributed by atoms with E-state index in [-0.39, 0.29) is 0 Å². The summed E-state index contributed by atoms with van der Waals surface area (Å²) in [6, 6.07) is 4.20. The summed E-state index contributed by atoms with van der Waals surface area (Å²) in [7, 11) is -3.58. The van der Waals surface area contributed by atoms with Crippen LogP contribution in [0.2, 0.25) is 0 Å². The van der Waals surface area contributed by atoms with Crippen LogP contribution in [0, 0.1) is 0 Å². The van der Waals surface area contributed by atoms with Crippen molar-refractivity contribution in [1.29, 1.82) is 0 Å². The first kappa shape index (κ1) is 18.9. The van der Waals surface area contributed by atoms with Crippen molar-refractivity contribution in [2.75, 3.05) is 6.54 Å². The first-order chi connectivity index (χ1) is 13.1. The van der Waals surface area contributed by atoms with Gasteiger partial charge in [0.2, 0.25) is 10.0 Å². The number of sulfonamides is 1. The molecule has 1 fully saturated rings. The third-order valence-corrected chi connectivity index (χ3v) is 7.90. The van der Waals surface area contributed by atoms with Crippen LogP contribution in [-0.4, -0.2) is 24.7 Å². The lowest BCUT2D eigenvalue weighted by Gasteiger charge is -2.13. The quantitative estimate of drug-likeness (QED) is 0.667. The molecule has 0 aromatic carbocycles. The van der Waals surface area contributed by atoms with Crippen LogP contribution >= 0.6 is 11.3 Å². The maximum absolute atomic E-state index is 13.0. The molecule has 0 saturated heterocycles. The summed E-state index contributed by atoms with van der Waals surface area (Å²) in [5.41, 5.74) is 1.96. The molecule has 0 aliphatic heterocycles. The lowest BCUT2D eigenvalue weighted by Crippen LogP contribution is -2.25. The van der Waals surface area contributed by atoms with E-state index >= 15 is 0 Å². The number of rotatable bonds is 7. The van der Waals surface area contributed by atoms with E-state index in [0.717, 1.165) is 37.0 Å². The second kappa shape index (κ2) is 8.29. The van der Waals surface area contributed by atoms with E-state index in [1.165, 1.54) is 42.6 Å². The normalized spacial score (nSPS) is 18.7. The van der Waals surface area contributed by atoms with Crippen LogP contribution in [0.25, 0.3) is 10.6 Å². The number of nitrogens with zero attached hydrogens (tertiary/aromatic N) is 2. The molecule has 27 heavy (non-hydrogen) atoms. The number of hydrogen-bond acceptors (Lipinski definition) is 4. The lowest BCUT2D eigenvalue weighted by molar-refractivity contribution is 0.467. The Morgan fingerprint density at radius 1 is 1.22 bits per heavy atom. The van der Waals surface area contributed by atoms with Crippen LogP contribution in [0.5, 0.6) is 0 Å². The van der Waals surface area contributed by atoms with Crippen molar-refractivity contribution in [2.24, 2.45) is 0 Å². The fraction of sp³-hybridized carbons (Fsp3) is 0.550. The Balaban J connectivity index is 1.55.